The number of nitrogens with one attached hydrogen (secondary N) is 2. The summed E-state index contributed by atoms with van der Waals surface area (Å²) in [6.07, 6.45) is 1.97. The first-order valence-corrected chi connectivity index (χ1v) is 9.46. The second-order valence-corrected chi connectivity index (χ2v) is 7.14. The molecule has 2 aromatic carbocycles. The van der Waals surface area contributed by atoms with Crippen LogP contribution in [0.25, 0.3) is 0 Å². The molecule has 2 aromatic rings. The molecule has 0 bridgehead atoms. The number of rotatable bonds is 7. The molecule has 0 saturated heterocycles. The van der Waals surface area contributed by atoms with E-state index in [-0.39, 0.29) is 17.9 Å². The first-order chi connectivity index (χ1) is 13.5. The monoisotopic (exact) mass is 380 g/mol. The molecule has 1 saturated carbocycles. The smallest absolute Gasteiger partial charge is 0.306 e. The Morgan fingerprint density at radius 3 is 2.21 bits per heavy atom. The number of amides is 2. The first kappa shape index (κ1) is 19.6. The van der Waals surface area contributed by atoms with Crippen molar-refractivity contribution in [3.05, 3.63) is 71.8 Å². The van der Waals surface area contributed by atoms with Crippen molar-refractivity contribution in [2.24, 2.45) is 5.92 Å². The van der Waals surface area contributed by atoms with Gasteiger partial charge in [-0.05, 0) is 37.0 Å². The molecule has 146 valence electrons. The van der Waals surface area contributed by atoms with E-state index in [9.17, 15) is 14.4 Å². The van der Waals surface area contributed by atoms with Crippen molar-refractivity contribution in [1.82, 2.24) is 10.6 Å². The maximum absolute atomic E-state index is 12.9. The molecule has 1 unspecified atom stereocenters. The minimum absolute atomic E-state index is 0.180. The van der Waals surface area contributed by atoms with Crippen molar-refractivity contribution < 1.29 is 19.5 Å². The number of carbonyl (C=O) groups excluding carboxylic acids is 2. The minimum Gasteiger partial charge on any atom is -0.481 e. The molecular weight excluding hydrogens is 356 g/mol. The van der Waals surface area contributed by atoms with Gasteiger partial charge in [0.05, 0.1) is 5.92 Å². The van der Waals surface area contributed by atoms with E-state index >= 15 is 0 Å². The minimum atomic E-state index is -0.824. The van der Waals surface area contributed by atoms with Gasteiger partial charge < -0.3 is 15.7 Å². The summed E-state index contributed by atoms with van der Waals surface area (Å²) in [4.78, 5) is 36.6. The van der Waals surface area contributed by atoms with Gasteiger partial charge in [-0.1, -0.05) is 48.5 Å². The summed E-state index contributed by atoms with van der Waals surface area (Å²) < 4.78 is 0. The quantitative estimate of drug-likeness (QED) is 0.687. The zero-order valence-corrected chi connectivity index (χ0v) is 15.5. The lowest BCUT2D eigenvalue weighted by atomic mass is 10.0. The van der Waals surface area contributed by atoms with E-state index in [1.807, 2.05) is 36.4 Å². The van der Waals surface area contributed by atoms with Crippen LogP contribution in [0.2, 0.25) is 0 Å². The lowest BCUT2D eigenvalue weighted by Crippen LogP contribution is -2.50. The predicted molar refractivity (Wildman–Crippen MR) is 105 cm³/mol. The number of carboxylic acids is 1. The molecule has 0 radical (unpaired) electrons. The second-order valence-electron chi connectivity index (χ2n) is 7.14. The third-order valence-electron chi connectivity index (χ3n) is 5.07. The van der Waals surface area contributed by atoms with Crippen LogP contribution in [0.1, 0.15) is 35.2 Å². The zero-order chi connectivity index (χ0) is 19.9. The highest BCUT2D eigenvalue weighted by Gasteiger charge is 2.32. The van der Waals surface area contributed by atoms with Gasteiger partial charge in [0.2, 0.25) is 5.91 Å². The lowest BCUT2D eigenvalue weighted by Gasteiger charge is -2.21. The average Bonchev–Trinajstić information content (AvgIpc) is 3.17. The fourth-order valence-corrected chi connectivity index (χ4v) is 3.53. The van der Waals surface area contributed by atoms with Gasteiger partial charge in [0, 0.05) is 18.0 Å². The number of hydrogen-bond acceptors (Lipinski definition) is 3. The summed E-state index contributed by atoms with van der Waals surface area (Å²) in [6, 6.07) is 17.3. The average molecular weight is 380 g/mol. The summed E-state index contributed by atoms with van der Waals surface area (Å²) in [5.74, 6) is -1.84. The lowest BCUT2D eigenvalue weighted by molar-refractivity contribution is -0.141. The van der Waals surface area contributed by atoms with Crippen molar-refractivity contribution >= 4 is 17.8 Å². The summed E-state index contributed by atoms with van der Waals surface area (Å²) >= 11 is 0. The van der Waals surface area contributed by atoms with Gasteiger partial charge in [-0.25, -0.2) is 0 Å². The molecule has 2 amide bonds. The van der Waals surface area contributed by atoms with Gasteiger partial charge in [-0.3, -0.25) is 14.4 Å². The van der Waals surface area contributed by atoms with E-state index < -0.39 is 17.9 Å². The van der Waals surface area contributed by atoms with Crippen LogP contribution < -0.4 is 10.6 Å². The van der Waals surface area contributed by atoms with E-state index in [2.05, 4.69) is 10.6 Å². The Morgan fingerprint density at radius 1 is 0.964 bits per heavy atom. The summed E-state index contributed by atoms with van der Waals surface area (Å²) in [5, 5.41) is 14.9. The van der Waals surface area contributed by atoms with Crippen molar-refractivity contribution in [1.29, 1.82) is 0 Å². The third-order valence-corrected chi connectivity index (χ3v) is 5.07. The molecule has 0 aromatic heterocycles. The maximum Gasteiger partial charge on any atom is 0.306 e. The molecule has 1 aliphatic rings. The molecule has 0 spiro atoms. The van der Waals surface area contributed by atoms with Crippen LogP contribution in [-0.2, 0) is 16.0 Å². The van der Waals surface area contributed by atoms with Gasteiger partial charge in [0.25, 0.3) is 5.91 Å². The molecule has 0 aliphatic heterocycles. The standard InChI is InChI=1S/C22H24N2O4/c25-20(16-9-5-2-6-10-16)24-19(13-15-7-3-1-4-8-15)21(26)23-18-12-11-17(14-18)22(27)28/h1-10,17-19H,11-14H2,(H,23,26)(H,24,25)(H,27,28)/t17-,18+,19?/m0/s1. The summed E-state index contributed by atoms with van der Waals surface area (Å²) in [7, 11) is 0. The van der Waals surface area contributed by atoms with Gasteiger partial charge in [-0.15, -0.1) is 0 Å². The van der Waals surface area contributed by atoms with Crippen molar-refractivity contribution in [3.8, 4) is 0 Å². The Kier molecular flexibility index (Phi) is 6.42. The molecule has 3 N–H and O–H groups in total. The van der Waals surface area contributed by atoms with E-state index in [0.29, 0.717) is 31.2 Å². The van der Waals surface area contributed by atoms with E-state index in [4.69, 9.17) is 5.11 Å². The van der Waals surface area contributed by atoms with Crippen molar-refractivity contribution in [2.75, 3.05) is 0 Å². The predicted octanol–water partition coefficient (Wildman–Crippen LogP) is 2.40. The van der Waals surface area contributed by atoms with E-state index in [1.165, 1.54) is 0 Å². The topological polar surface area (TPSA) is 95.5 Å². The van der Waals surface area contributed by atoms with Gasteiger partial charge in [0.1, 0.15) is 6.04 Å². The first-order valence-electron chi connectivity index (χ1n) is 9.46. The largest absolute Gasteiger partial charge is 0.481 e. The van der Waals surface area contributed by atoms with Crippen LogP contribution in [0.4, 0.5) is 0 Å². The Morgan fingerprint density at radius 2 is 1.61 bits per heavy atom. The molecule has 6 nitrogen and oxygen atoms in total. The summed E-state index contributed by atoms with van der Waals surface area (Å²) in [5.41, 5.74) is 1.42. The highest BCUT2D eigenvalue weighted by atomic mass is 16.4. The van der Waals surface area contributed by atoms with Crippen LogP contribution in [0, 0.1) is 5.92 Å². The van der Waals surface area contributed by atoms with Gasteiger partial charge in [-0.2, -0.15) is 0 Å². The number of carbonyl (C=O) groups is 3. The van der Waals surface area contributed by atoms with Gasteiger partial charge >= 0.3 is 5.97 Å². The van der Waals surface area contributed by atoms with Gasteiger partial charge in [0.15, 0.2) is 0 Å². The van der Waals surface area contributed by atoms with Crippen molar-refractivity contribution in [2.45, 2.75) is 37.8 Å². The highest BCUT2D eigenvalue weighted by Crippen LogP contribution is 2.25. The van der Waals surface area contributed by atoms with Crippen LogP contribution in [-0.4, -0.2) is 35.0 Å². The Balaban J connectivity index is 1.69. The highest BCUT2D eigenvalue weighted by molar-refractivity contribution is 5.97. The maximum atomic E-state index is 12.9. The van der Waals surface area contributed by atoms with Crippen LogP contribution in [0.3, 0.4) is 0 Å². The SMILES string of the molecule is O=C(NC(Cc1ccccc1)C(=O)N[C@@H]1CC[C@H](C(=O)O)C1)c1ccccc1. The summed E-state index contributed by atoms with van der Waals surface area (Å²) in [6.45, 7) is 0. The number of aliphatic carboxylic acids is 1. The molecule has 3 atom stereocenters. The number of benzene rings is 2. The molecular formula is C22H24N2O4. The molecule has 0 heterocycles. The molecule has 28 heavy (non-hydrogen) atoms. The fraction of sp³-hybridized carbons (Fsp3) is 0.318. The van der Waals surface area contributed by atoms with Crippen LogP contribution in [0.5, 0.6) is 0 Å². The number of carboxylic acid groups (broad SMARTS) is 1. The van der Waals surface area contributed by atoms with Crippen molar-refractivity contribution in [3.63, 3.8) is 0 Å². The molecule has 1 fully saturated rings. The molecule has 3 rings (SSSR count). The Bertz CT molecular complexity index is 823. The fourth-order valence-electron chi connectivity index (χ4n) is 3.53. The van der Waals surface area contributed by atoms with E-state index in [1.54, 1.807) is 24.3 Å². The third kappa shape index (κ3) is 5.19. The normalized spacial score (nSPS) is 19.6. The van der Waals surface area contributed by atoms with E-state index in [0.717, 1.165) is 5.56 Å². The molecule has 1 aliphatic carbocycles. The number of hydrogen-bond donors (Lipinski definition) is 3. The van der Waals surface area contributed by atoms with Crippen LogP contribution in [0.15, 0.2) is 60.7 Å². The van der Waals surface area contributed by atoms with Crippen LogP contribution >= 0.6 is 0 Å². The Hall–Kier alpha value is -3.15. The zero-order valence-electron chi connectivity index (χ0n) is 15.5. The molecule has 6 heteroatoms. The Labute approximate surface area is 164 Å². The second kappa shape index (κ2) is 9.17.